The lowest BCUT2D eigenvalue weighted by atomic mass is 10.1. The van der Waals surface area contributed by atoms with Crippen molar-refractivity contribution in [2.75, 3.05) is 13.6 Å². The number of hydrogen-bond donors (Lipinski definition) is 1. The summed E-state index contributed by atoms with van der Waals surface area (Å²) in [6, 6.07) is 4.54. The van der Waals surface area contributed by atoms with E-state index in [0.29, 0.717) is 10.3 Å². The molecular weight excluding hydrogens is 321 g/mol. The maximum atomic E-state index is 13.1. The first-order chi connectivity index (χ1) is 9.52. The van der Waals surface area contributed by atoms with Gasteiger partial charge >= 0.3 is 0 Å². The molecule has 3 nitrogen and oxygen atoms in total. The zero-order valence-electron chi connectivity index (χ0n) is 11.8. The third-order valence-corrected chi connectivity index (χ3v) is 3.87. The summed E-state index contributed by atoms with van der Waals surface area (Å²) in [6.07, 6.45) is 0.902. The molecule has 20 heavy (non-hydrogen) atoms. The quantitative estimate of drug-likeness (QED) is 0.928. The Hall–Kier alpha value is -1.33. The Morgan fingerprint density at radius 2 is 1.85 bits per heavy atom. The topological polar surface area (TPSA) is 37.8 Å². The van der Waals surface area contributed by atoms with Gasteiger partial charge in [0, 0.05) is 21.4 Å². The Kier molecular flexibility index (Phi) is 4.83. The molecule has 0 saturated carbocycles. The number of likely N-dealkylation sites (N-methyl/N-ethyl adjacent to an activating group) is 1. The summed E-state index contributed by atoms with van der Waals surface area (Å²) >= 11 is 3.36. The van der Waals surface area contributed by atoms with Crippen LogP contribution < -0.4 is 5.32 Å². The fourth-order valence-electron chi connectivity index (χ4n) is 2.14. The maximum absolute atomic E-state index is 13.1. The van der Waals surface area contributed by atoms with E-state index in [0.717, 1.165) is 29.9 Å². The van der Waals surface area contributed by atoms with E-state index in [1.54, 1.807) is 6.07 Å². The second-order valence-electron chi connectivity index (χ2n) is 4.67. The maximum Gasteiger partial charge on any atom is 0.160 e. The summed E-state index contributed by atoms with van der Waals surface area (Å²) < 4.78 is 13.8. The summed E-state index contributed by atoms with van der Waals surface area (Å²) in [6.45, 7) is 4.87. The van der Waals surface area contributed by atoms with Crippen LogP contribution in [-0.2, 0) is 6.42 Å². The van der Waals surface area contributed by atoms with Crippen LogP contribution in [0.3, 0.4) is 0 Å². The van der Waals surface area contributed by atoms with Crippen molar-refractivity contribution in [3.05, 3.63) is 45.4 Å². The van der Waals surface area contributed by atoms with Crippen LogP contribution in [0.4, 0.5) is 4.39 Å². The van der Waals surface area contributed by atoms with Crippen molar-refractivity contribution in [3.63, 3.8) is 0 Å². The first-order valence-electron chi connectivity index (χ1n) is 6.47. The van der Waals surface area contributed by atoms with Gasteiger partial charge in [0.15, 0.2) is 5.82 Å². The minimum absolute atomic E-state index is 0.278. The molecule has 1 N–H and O–H groups in total. The number of benzene rings is 1. The average molecular weight is 338 g/mol. The van der Waals surface area contributed by atoms with Crippen LogP contribution in [-0.4, -0.2) is 23.6 Å². The van der Waals surface area contributed by atoms with Gasteiger partial charge in [0.25, 0.3) is 0 Å². The summed E-state index contributed by atoms with van der Waals surface area (Å²) in [5, 5.41) is 3.13. The van der Waals surface area contributed by atoms with E-state index in [9.17, 15) is 4.39 Å². The lowest BCUT2D eigenvalue weighted by Gasteiger charge is -2.11. The second kappa shape index (κ2) is 6.41. The normalized spacial score (nSPS) is 10.8. The average Bonchev–Trinajstić information content (AvgIpc) is 2.37. The molecule has 106 valence electrons. The van der Waals surface area contributed by atoms with Gasteiger partial charge in [-0.05, 0) is 73.6 Å². The highest BCUT2D eigenvalue weighted by Gasteiger charge is 2.12. The smallest absolute Gasteiger partial charge is 0.160 e. The minimum atomic E-state index is -0.278. The molecule has 0 spiro atoms. The van der Waals surface area contributed by atoms with Gasteiger partial charge in [0.05, 0.1) is 0 Å². The molecule has 0 radical (unpaired) electrons. The van der Waals surface area contributed by atoms with E-state index in [-0.39, 0.29) is 5.82 Å². The first-order valence-corrected chi connectivity index (χ1v) is 7.26. The van der Waals surface area contributed by atoms with Crippen LogP contribution in [0.15, 0.2) is 22.7 Å². The number of halogens is 2. The van der Waals surface area contributed by atoms with Crippen LogP contribution in [0, 0.1) is 19.7 Å². The Balaban J connectivity index is 2.44. The Morgan fingerprint density at radius 1 is 1.20 bits per heavy atom. The van der Waals surface area contributed by atoms with Gasteiger partial charge in [-0.1, -0.05) is 0 Å². The summed E-state index contributed by atoms with van der Waals surface area (Å²) in [5.41, 5.74) is 3.91. The number of aromatic nitrogens is 2. The van der Waals surface area contributed by atoms with Crippen molar-refractivity contribution in [2.45, 2.75) is 20.3 Å². The largest absolute Gasteiger partial charge is 0.319 e. The number of nitrogens with one attached hydrogen (secondary N) is 1. The summed E-state index contributed by atoms with van der Waals surface area (Å²) in [5.74, 6) is 0.347. The molecule has 0 aliphatic rings. The lowest BCUT2D eigenvalue weighted by Crippen LogP contribution is -2.13. The molecule has 2 rings (SSSR count). The summed E-state index contributed by atoms with van der Waals surface area (Å²) in [4.78, 5) is 9.11. The van der Waals surface area contributed by atoms with Crippen molar-refractivity contribution >= 4 is 15.9 Å². The van der Waals surface area contributed by atoms with Gasteiger partial charge in [-0.2, -0.15) is 0 Å². The standard InChI is InChI=1S/C15H17BrFN3/c1-9-12(6-7-18-3)10(2)20-15(19-9)13-5-4-11(17)8-14(13)16/h4-5,8,18H,6-7H2,1-3H3. The highest BCUT2D eigenvalue weighted by Crippen LogP contribution is 2.27. The van der Waals surface area contributed by atoms with Crippen LogP contribution in [0.2, 0.25) is 0 Å². The minimum Gasteiger partial charge on any atom is -0.319 e. The van der Waals surface area contributed by atoms with Crippen LogP contribution in [0.5, 0.6) is 0 Å². The number of hydrogen-bond acceptors (Lipinski definition) is 3. The van der Waals surface area contributed by atoms with E-state index >= 15 is 0 Å². The molecule has 1 aromatic carbocycles. The van der Waals surface area contributed by atoms with Gasteiger partial charge in [-0.15, -0.1) is 0 Å². The highest BCUT2D eigenvalue weighted by atomic mass is 79.9. The molecule has 2 aromatic rings. The molecule has 0 atom stereocenters. The van der Waals surface area contributed by atoms with E-state index in [2.05, 4.69) is 31.2 Å². The molecule has 0 bridgehead atoms. The zero-order valence-corrected chi connectivity index (χ0v) is 13.4. The van der Waals surface area contributed by atoms with E-state index < -0.39 is 0 Å². The predicted molar refractivity (Wildman–Crippen MR) is 82.2 cm³/mol. The van der Waals surface area contributed by atoms with Crippen LogP contribution in [0.25, 0.3) is 11.4 Å². The highest BCUT2D eigenvalue weighted by molar-refractivity contribution is 9.10. The zero-order chi connectivity index (χ0) is 14.7. The monoisotopic (exact) mass is 337 g/mol. The van der Waals surface area contributed by atoms with E-state index in [1.165, 1.54) is 17.7 Å². The van der Waals surface area contributed by atoms with Gasteiger partial charge in [0.2, 0.25) is 0 Å². The third kappa shape index (κ3) is 3.22. The molecule has 0 saturated heterocycles. The van der Waals surface area contributed by atoms with E-state index in [4.69, 9.17) is 0 Å². The molecule has 0 unspecified atom stereocenters. The fourth-order valence-corrected chi connectivity index (χ4v) is 2.67. The molecule has 0 amide bonds. The molecule has 0 fully saturated rings. The Labute approximate surface area is 126 Å². The second-order valence-corrected chi connectivity index (χ2v) is 5.53. The molecule has 0 aliphatic carbocycles. The Morgan fingerprint density at radius 3 is 2.40 bits per heavy atom. The number of rotatable bonds is 4. The predicted octanol–water partition coefficient (Wildman–Crippen LogP) is 3.42. The van der Waals surface area contributed by atoms with E-state index in [1.807, 2.05) is 20.9 Å². The SMILES string of the molecule is CNCCc1c(C)nc(-c2ccc(F)cc2Br)nc1C. The van der Waals surface area contributed by atoms with Crippen LogP contribution in [0.1, 0.15) is 17.0 Å². The Bertz CT molecular complexity index is 606. The molecule has 5 heteroatoms. The van der Waals surface area contributed by atoms with Crippen molar-refractivity contribution in [2.24, 2.45) is 0 Å². The number of nitrogens with zero attached hydrogens (tertiary/aromatic N) is 2. The van der Waals surface area contributed by atoms with Crippen LogP contribution >= 0.6 is 15.9 Å². The van der Waals surface area contributed by atoms with Gasteiger partial charge in [0.1, 0.15) is 5.82 Å². The van der Waals surface area contributed by atoms with Crippen molar-refractivity contribution < 1.29 is 4.39 Å². The summed E-state index contributed by atoms with van der Waals surface area (Å²) in [7, 11) is 1.93. The number of aryl methyl sites for hydroxylation is 2. The molecular formula is C15H17BrFN3. The van der Waals surface area contributed by atoms with Crippen molar-refractivity contribution in [3.8, 4) is 11.4 Å². The van der Waals surface area contributed by atoms with Crippen molar-refractivity contribution in [1.82, 2.24) is 15.3 Å². The van der Waals surface area contributed by atoms with Gasteiger partial charge in [-0.25, -0.2) is 14.4 Å². The molecule has 0 aliphatic heterocycles. The van der Waals surface area contributed by atoms with Gasteiger partial charge in [-0.3, -0.25) is 0 Å². The third-order valence-electron chi connectivity index (χ3n) is 3.22. The first kappa shape index (κ1) is 15.1. The van der Waals surface area contributed by atoms with Gasteiger partial charge < -0.3 is 5.32 Å². The van der Waals surface area contributed by atoms with Crippen molar-refractivity contribution in [1.29, 1.82) is 0 Å². The molecule has 1 heterocycles. The lowest BCUT2D eigenvalue weighted by molar-refractivity contribution is 0.627. The fraction of sp³-hybridized carbons (Fsp3) is 0.333. The molecule has 1 aromatic heterocycles.